The zero-order valence-corrected chi connectivity index (χ0v) is 15.7. The molecule has 5 nitrogen and oxygen atoms in total. The summed E-state index contributed by atoms with van der Waals surface area (Å²) in [5.74, 6) is 1.62. The van der Waals surface area contributed by atoms with Crippen LogP contribution >= 0.6 is 0 Å². The number of rotatable bonds is 7. The Hall–Kier alpha value is -2.53. The molecule has 0 bridgehead atoms. The van der Waals surface area contributed by atoms with Crippen LogP contribution in [0.25, 0.3) is 0 Å². The first-order chi connectivity index (χ1) is 12.6. The van der Waals surface area contributed by atoms with Gasteiger partial charge in [0.25, 0.3) is 0 Å². The molecule has 0 radical (unpaired) electrons. The molecule has 138 valence electrons. The Morgan fingerprint density at radius 3 is 2.65 bits per heavy atom. The molecule has 1 aliphatic rings. The van der Waals surface area contributed by atoms with Gasteiger partial charge in [0.2, 0.25) is 5.91 Å². The van der Waals surface area contributed by atoms with E-state index in [0.29, 0.717) is 6.54 Å². The molecule has 0 saturated carbocycles. The minimum Gasteiger partial charge on any atom is -0.493 e. The highest BCUT2D eigenvalue weighted by molar-refractivity contribution is 5.96. The van der Waals surface area contributed by atoms with Crippen LogP contribution in [0.2, 0.25) is 0 Å². The average molecular weight is 354 g/mol. The molecule has 0 unspecified atom stereocenters. The molecule has 2 aromatic carbocycles. The fourth-order valence-corrected chi connectivity index (χ4v) is 3.35. The lowest BCUT2D eigenvalue weighted by molar-refractivity contribution is -0.119. The van der Waals surface area contributed by atoms with E-state index in [1.54, 1.807) is 14.2 Å². The van der Waals surface area contributed by atoms with E-state index in [4.69, 9.17) is 9.47 Å². The largest absolute Gasteiger partial charge is 0.493 e. The van der Waals surface area contributed by atoms with Crippen LogP contribution < -0.4 is 14.4 Å². The number of ether oxygens (including phenoxy) is 2. The Kier molecular flexibility index (Phi) is 5.78. The second-order valence-electron chi connectivity index (χ2n) is 6.60. The van der Waals surface area contributed by atoms with E-state index in [2.05, 4.69) is 11.0 Å². The number of nitrogens with zero attached hydrogens (tertiary/aromatic N) is 2. The van der Waals surface area contributed by atoms with Gasteiger partial charge in [-0.2, -0.15) is 0 Å². The molecule has 26 heavy (non-hydrogen) atoms. The zero-order valence-electron chi connectivity index (χ0n) is 15.7. The Labute approximate surface area is 155 Å². The predicted molar refractivity (Wildman–Crippen MR) is 103 cm³/mol. The van der Waals surface area contributed by atoms with E-state index < -0.39 is 0 Å². The zero-order chi connectivity index (χ0) is 18.5. The topological polar surface area (TPSA) is 42.0 Å². The van der Waals surface area contributed by atoms with Gasteiger partial charge in [-0.05, 0) is 49.2 Å². The van der Waals surface area contributed by atoms with E-state index >= 15 is 0 Å². The van der Waals surface area contributed by atoms with E-state index in [0.717, 1.165) is 48.7 Å². The highest BCUT2D eigenvalue weighted by Gasteiger charge is 2.24. The maximum absolute atomic E-state index is 12.7. The van der Waals surface area contributed by atoms with Gasteiger partial charge in [-0.3, -0.25) is 9.69 Å². The van der Waals surface area contributed by atoms with Gasteiger partial charge in [0, 0.05) is 18.8 Å². The number of carbonyl (C=O) groups excluding carboxylic acids is 1. The van der Waals surface area contributed by atoms with E-state index in [1.807, 2.05) is 48.3 Å². The summed E-state index contributed by atoms with van der Waals surface area (Å²) in [5.41, 5.74) is 3.48. The second-order valence-corrected chi connectivity index (χ2v) is 6.60. The summed E-state index contributed by atoms with van der Waals surface area (Å²) in [4.78, 5) is 16.6. The van der Waals surface area contributed by atoms with Crippen molar-refractivity contribution in [1.29, 1.82) is 0 Å². The lowest BCUT2D eigenvalue weighted by atomic mass is 10.1. The van der Waals surface area contributed by atoms with E-state index in [-0.39, 0.29) is 5.91 Å². The van der Waals surface area contributed by atoms with Crippen molar-refractivity contribution in [2.45, 2.75) is 12.8 Å². The SMILES string of the molecule is COc1ccc(CCN(C)CC(=O)N2CCc3ccccc32)cc1OC. The predicted octanol–water partition coefficient (Wildman–Crippen LogP) is 2.77. The summed E-state index contributed by atoms with van der Waals surface area (Å²) >= 11 is 0. The van der Waals surface area contributed by atoms with Crippen molar-refractivity contribution in [2.24, 2.45) is 0 Å². The molecule has 2 aromatic rings. The maximum Gasteiger partial charge on any atom is 0.241 e. The molecule has 1 heterocycles. The van der Waals surface area contributed by atoms with Crippen LogP contribution in [-0.2, 0) is 17.6 Å². The number of amides is 1. The van der Waals surface area contributed by atoms with Gasteiger partial charge >= 0.3 is 0 Å². The summed E-state index contributed by atoms with van der Waals surface area (Å²) in [5, 5.41) is 0. The van der Waals surface area contributed by atoms with Crippen molar-refractivity contribution in [3.05, 3.63) is 53.6 Å². The van der Waals surface area contributed by atoms with Crippen LogP contribution in [-0.4, -0.2) is 51.7 Å². The Morgan fingerprint density at radius 1 is 1.12 bits per heavy atom. The third kappa shape index (κ3) is 3.99. The quantitative estimate of drug-likeness (QED) is 0.767. The number of para-hydroxylation sites is 1. The summed E-state index contributed by atoms with van der Waals surface area (Å²) in [6.45, 7) is 2.00. The Balaban J connectivity index is 1.55. The van der Waals surface area contributed by atoms with E-state index in [9.17, 15) is 4.79 Å². The highest BCUT2D eigenvalue weighted by atomic mass is 16.5. The minimum atomic E-state index is 0.157. The first kappa shape index (κ1) is 18.3. The highest BCUT2D eigenvalue weighted by Crippen LogP contribution is 2.28. The van der Waals surface area contributed by atoms with Crippen molar-refractivity contribution >= 4 is 11.6 Å². The van der Waals surface area contributed by atoms with Crippen molar-refractivity contribution in [2.75, 3.05) is 45.8 Å². The number of carbonyl (C=O) groups is 1. The molecule has 0 spiro atoms. The van der Waals surface area contributed by atoms with Gasteiger partial charge in [0.05, 0.1) is 20.8 Å². The summed E-state index contributed by atoms with van der Waals surface area (Å²) in [6.07, 6.45) is 1.79. The van der Waals surface area contributed by atoms with Crippen LogP contribution in [0.3, 0.4) is 0 Å². The molecule has 1 amide bonds. The average Bonchev–Trinajstić information content (AvgIpc) is 3.10. The molecule has 0 saturated heterocycles. The number of likely N-dealkylation sites (N-methyl/N-ethyl adjacent to an activating group) is 1. The number of fused-ring (bicyclic) bond motifs is 1. The van der Waals surface area contributed by atoms with Gasteiger partial charge < -0.3 is 14.4 Å². The van der Waals surface area contributed by atoms with Gasteiger partial charge in [0.15, 0.2) is 11.5 Å². The van der Waals surface area contributed by atoms with Crippen molar-refractivity contribution in [3.63, 3.8) is 0 Å². The maximum atomic E-state index is 12.7. The third-order valence-electron chi connectivity index (χ3n) is 4.82. The number of hydrogen-bond donors (Lipinski definition) is 0. The first-order valence-corrected chi connectivity index (χ1v) is 8.90. The summed E-state index contributed by atoms with van der Waals surface area (Å²) in [7, 11) is 5.26. The molecular formula is C21H26N2O3. The molecular weight excluding hydrogens is 328 g/mol. The van der Waals surface area contributed by atoms with Crippen LogP contribution in [0, 0.1) is 0 Å². The molecule has 0 fully saturated rings. The lowest BCUT2D eigenvalue weighted by Crippen LogP contribution is -2.38. The third-order valence-corrected chi connectivity index (χ3v) is 4.82. The molecule has 3 rings (SSSR count). The fraction of sp³-hybridized carbons (Fsp3) is 0.381. The van der Waals surface area contributed by atoms with Gasteiger partial charge in [-0.1, -0.05) is 24.3 Å². The van der Waals surface area contributed by atoms with Crippen LogP contribution in [0.5, 0.6) is 11.5 Å². The smallest absolute Gasteiger partial charge is 0.241 e. The normalized spacial score (nSPS) is 13.0. The summed E-state index contributed by atoms with van der Waals surface area (Å²) in [6, 6.07) is 14.1. The Bertz CT molecular complexity index is 776. The Morgan fingerprint density at radius 2 is 1.88 bits per heavy atom. The fourth-order valence-electron chi connectivity index (χ4n) is 3.35. The molecule has 0 aliphatic carbocycles. The monoisotopic (exact) mass is 354 g/mol. The van der Waals surface area contributed by atoms with Crippen molar-refractivity contribution < 1.29 is 14.3 Å². The molecule has 1 aliphatic heterocycles. The van der Waals surface area contributed by atoms with Gasteiger partial charge in [-0.25, -0.2) is 0 Å². The number of anilines is 1. The molecule has 0 N–H and O–H groups in total. The lowest BCUT2D eigenvalue weighted by Gasteiger charge is -2.22. The van der Waals surface area contributed by atoms with Gasteiger partial charge in [-0.15, -0.1) is 0 Å². The molecule has 0 atom stereocenters. The van der Waals surface area contributed by atoms with Gasteiger partial charge in [0.1, 0.15) is 0 Å². The minimum absolute atomic E-state index is 0.157. The standard InChI is InChI=1S/C21H26N2O3/c1-22(12-10-16-8-9-19(25-2)20(14-16)26-3)15-21(24)23-13-11-17-6-4-5-7-18(17)23/h4-9,14H,10-13,15H2,1-3H3. The second kappa shape index (κ2) is 8.23. The van der Waals surface area contributed by atoms with Crippen LogP contribution in [0.1, 0.15) is 11.1 Å². The first-order valence-electron chi connectivity index (χ1n) is 8.90. The van der Waals surface area contributed by atoms with Crippen molar-refractivity contribution in [3.8, 4) is 11.5 Å². The summed E-state index contributed by atoms with van der Waals surface area (Å²) < 4.78 is 10.6. The van der Waals surface area contributed by atoms with Crippen molar-refractivity contribution in [1.82, 2.24) is 4.90 Å². The molecule has 0 aromatic heterocycles. The van der Waals surface area contributed by atoms with E-state index in [1.165, 1.54) is 5.56 Å². The van der Waals surface area contributed by atoms with Crippen LogP contribution in [0.4, 0.5) is 5.69 Å². The number of benzene rings is 2. The van der Waals surface area contributed by atoms with Crippen LogP contribution in [0.15, 0.2) is 42.5 Å². The number of methoxy groups -OCH3 is 2. The number of hydrogen-bond acceptors (Lipinski definition) is 4. The molecule has 5 heteroatoms.